The first-order valence-corrected chi connectivity index (χ1v) is 6.73. The van der Waals surface area contributed by atoms with Crippen molar-refractivity contribution in [2.24, 2.45) is 5.92 Å². The molecule has 5 heteroatoms. The second kappa shape index (κ2) is 6.21. The maximum atomic E-state index is 11.9. The first-order valence-electron chi connectivity index (χ1n) is 5.31. The predicted octanol–water partition coefficient (Wildman–Crippen LogP) is 2.83. The summed E-state index contributed by atoms with van der Waals surface area (Å²) in [5.74, 6) is 0.903. The fraction of sp³-hybridized carbons (Fsp3) is 0.636. The van der Waals surface area contributed by atoms with E-state index in [1.165, 1.54) is 11.3 Å². The van der Waals surface area contributed by atoms with Gasteiger partial charge in [-0.15, -0.1) is 22.9 Å². The zero-order chi connectivity index (χ0) is 12.1. The first kappa shape index (κ1) is 13.5. The van der Waals surface area contributed by atoms with Crippen molar-refractivity contribution in [1.29, 1.82) is 0 Å². The minimum absolute atomic E-state index is 0.0377. The highest BCUT2D eigenvalue weighted by molar-refractivity contribution is 7.11. The maximum absolute atomic E-state index is 11.9. The Labute approximate surface area is 105 Å². The van der Waals surface area contributed by atoms with Gasteiger partial charge in [-0.05, 0) is 19.3 Å². The molecule has 0 radical (unpaired) electrons. The van der Waals surface area contributed by atoms with E-state index >= 15 is 0 Å². The van der Waals surface area contributed by atoms with Crippen LogP contribution in [0.15, 0.2) is 5.51 Å². The van der Waals surface area contributed by atoms with Gasteiger partial charge in [0.15, 0.2) is 0 Å². The van der Waals surface area contributed by atoms with Crippen LogP contribution in [0.5, 0.6) is 0 Å². The van der Waals surface area contributed by atoms with E-state index in [1.807, 2.05) is 6.92 Å². The van der Waals surface area contributed by atoms with Crippen molar-refractivity contribution in [2.45, 2.75) is 33.2 Å². The average molecular weight is 261 g/mol. The molecule has 0 saturated carbocycles. The number of alkyl halides is 1. The molecule has 1 aromatic rings. The number of carbonyl (C=O) groups is 1. The lowest BCUT2D eigenvalue weighted by atomic mass is 10.1. The Morgan fingerprint density at radius 3 is 2.75 bits per heavy atom. The van der Waals surface area contributed by atoms with Gasteiger partial charge in [-0.25, -0.2) is 4.98 Å². The van der Waals surface area contributed by atoms with Crippen molar-refractivity contribution in [3.05, 3.63) is 16.1 Å². The number of hydrogen-bond donors (Lipinski definition) is 1. The summed E-state index contributed by atoms with van der Waals surface area (Å²) in [4.78, 5) is 16.6. The van der Waals surface area contributed by atoms with Crippen molar-refractivity contribution in [1.82, 2.24) is 10.3 Å². The fourth-order valence-electron chi connectivity index (χ4n) is 1.50. The molecular formula is C11H17ClN2OS. The summed E-state index contributed by atoms with van der Waals surface area (Å²) in [5.41, 5.74) is 2.46. The summed E-state index contributed by atoms with van der Waals surface area (Å²) in [7, 11) is 0. The van der Waals surface area contributed by atoms with Crippen LogP contribution in [0.2, 0.25) is 0 Å². The third-order valence-corrected chi connectivity index (χ3v) is 3.53. The SMILES string of the molecule is Cc1ncsc1C(=O)NC(CCl)CC(C)C. The Morgan fingerprint density at radius 2 is 2.31 bits per heavy atom. The third kappa shape index (κ3) is 3.76. The van der Waals surface area contributed by atoms with Gasteiger partial charge in [0.1, 0.15) is 4.88 Å². The van der Waals surface area contributed by atoms with Crippen LogP contribution in [-0.4, -0.2) is 22.8 Å². The number of rotatable bonds is 5. The van der Waals surface area contributed by atoms with Gasteiger partial charge in [-0.1, -0.05) is 13.8 Å². The van der Waals surface area contributed by atoms with Crippen molar-refractivity contribution in [3.63, 3.8) is 0 Å². The first-order chi connectivity index (χ1) is 7.54. The van der Waals surface area contributed by atoms with Crippen LogP contribution in [0.4, 0.5) is 0 Å². The largest absolute Gasteiger partial charge is 0.347 e. The normalized spacial score (nSPS) is 12.8. The molecule has 0 aliphatic carbocycles. The molecule has 1 atom stereocenters. The van der Waals surface area contributed by atoms with Crippen molar-refractivity contribution < 1.29 is 4.79 Å². The Morgan fingerprint density at radius 1 is 1.62 bits per heavy atom. The Bertz CT molecular complexity index is 352. The Balaban J connectivity index is 2.59. The van der Waals surface area contributed by atoms with E-state index in [0.717, 1.165) is 12.1 Å². The lowest BCUT2D eigenvalue weighted by molar-refractivity contribution is 0.0940. The van der Waals surface area contributed by atoms with E-state index in [2.05, 4.69) is 24.1 Å². The zero-order valence-corrected chi connectivity index (χ0v) is 11.4. The van der Waals surface area contributed by atoms with E-state index in [9.17, 15) is 4.79 Å². The van der Waals surface area contributed by atoms with E-state index in [1.54, 1.807) is 5.51 Å². The van der Waals surface area contributed by atoms with Crippen LogP contribution in [0.25, 0.3) is 0 Å². The third-order valence-electron chi connectivity index (χ3n) is 2.23. The molecule has 1 unspecified atom stereocenters. The molecule has 1 aromatic heterocycles. The van der Waals surface area contributed by atoms with E-state index in [0.29, 0.717) is 16.7 Å². The quantitative estimate of drug-likeness (QED) is 0.828. The molecule has 90 valence electrons. The standard InChI is InChI=1S/C11H17ClN2OS/c1-7(2)4-9(5-12)14-11(15)10-8(3)13-6-16-10/h6-7,9H,4-5H2,1-3H3,(H,14,15). The highest BCUT2D eigenvalue weighted by Gasteiger charge is 2.17. The number of hydrogen-bond acceptors (Lipinski definition) is 3. The topological polar surface area (TPSA) is 42.0 Å². The van der Waals surface area contributed by atoms with Crippen LogP contribution >= 0.6 is 22.9 Å². The van der Waals surface area contributed by atoms with Crippen molar-refractivity contribution in [3.8, 4) is 0 Å². The molecule has 0 bridgehead atoms. The highest BCUT2D eigenvalue weighted by atomic mass is 35.5. The summed E-state index contributed by atoms with van der Waals surface area (Å²) in [6.45, 7) is 6.07. The predicted molar refractivity (Wildman–Crippen MR) is 68.3 cm³/mol. The molecule has 0 spiro atoms. The molecule has 0 aromatic carbocycles. The number of aryl methyl sites for hydroxylation is 1. The number of thiazole rings is 1. The van der Waals surface area contributed by atoms with Gasteiger partial charge < -0.3 is 5.32 Å². The van der Waals surface area contributed by atoms with Crippen LogP contribution in [0.3, 0.4) is 0 Å². The summed E-state index contributed by atoms with van der Waals surface area (Å²) >= 11 is 7.19. The van der Waals surface area contributed by atoms with Gasteiger partial charge in [0.25, 0.3) is 5.91 Å². The van der Waals surface area contributed by atoms with E-state index < -0.39 is 0 Å². The summed E-state index contributed by atoms with van der Waals surface area (Å²) < 4.78 is 0. The molecule has 0 saturated heterocycles. The average Bonchev–Trinajstić information content (AvgIpc) is 2.62. The minimum atomic E-state index is -0.0636. The number of nitrogens with zero attached hydrogens (tertiary/aromatic N) is 1. The number of aromatic nitrogens is 1. The van der Waals surface area contributed by atoms with E-state index in [4.69, 9.17) is 11.6 Å². The molecule has 0 aliphatic rings. The Hall–Kier alpha value is -0.610. The van der Waals surface area contributed by atoms with Gasteiger partial charge in [-0.3, -0.25) is 4.79 Å². The lowest BCUT2D eigenvalue weighted by Crippen LogP contribution is -2.37. The lowest BCUT2D eigenvalue weighted by Gasteiger charge is -2.17. The molecule has 0 aliphatic heterocycles. The molecule has 1 heterocycles. The van der Waals surface area contributed by atoms with Gasteiger partial charge in [0.05, 0.1) is 11.2 Å². The number of halogens is 1. The highest BCUT2D eigenvalue weighted by Crippen LogP contribution is 2.13. The maximum Gasteiger partial charge on any atom is 0.263 e. The van der Waals surface area contributed by atoms with Crippen molar-refractivity contribution >= 4 is 28.8 Å². The second-order valence-electron chi connectivity index (χ2n) is 4.22. The van der Waals surface area contributed by atoms with Gasteiger partial charge >= 0.3 is 0 Å². The van der Waals surface area contributed by atoms with Gasteiger partial charge in [-0.2, -0.15) is 0 Å². The smallest absolute Gasteiger partial charge is 0.263 e. The summed E-state index contributed by atoms with van der Waals surface area (Å²) in [5, 5.41) is 2.94. The number of amides is 1. The molecule has 1 N–H and O–H groups in total. The summed E-state index contributed by atoms with van der Waals surface area (Å²) in [6.07, 6.45) is 0.896. The van der Waals surface area contributed by atoms with Gasteiger partial charge in [0.2, 0.25) is 0 Å². The Kier molecular flexibility index (Phi) is 5.22. The van der Waals surface area contributed by atoms with Crippen LogP contribution in [0.1, 0.15) is 35.6 Å². The number of carbonyl (C=O) groups excluding carboxylic acids is 1. The molecular weight excluding hydrogens is 244 g/mol. The van der Waals surface area contributed by atoms with E-state index in [-0.39, 0.29) is 11.9 Å². The number of nitrogens with one attached hydrogen (secondary N) is 1. The van der Waals surface area contributed by atoms with Crippen LogP contribution in [0, 0.1) is 12.8 Å². The molecule has 0 fully saturated rings. The van der Waals surface area contributed by atoms with Crippen LogP contribution in [-0.2, 0) is 0 Å². The molecule has 16 heavy (non-hydrogen) atoms. The van der Waals surface area contributed by atoms with Gasteiger partial charge in [0, 0.05) is 11.9 Å². The second-order valence-corrected chi connectivity index (χ2v) is 5.38. The molecule has 1 amide bonds. The fourth-order valence-corrected chi connectivity index (χ4v) is 2.41. The minimum Gasteiger partial charge on any atom is -0.347 e. The monoisotopic (exact) mass is 260 g/mol. The summed E-state index contributed by atoms with van der Waals surface area (Å²) in [6, 6.07) is 0.0377. The molecule has 3 nitrogen and oxygen atoms in total. The molecule has 1 rings (SSSR count). The van der Waals surface area contributed by atoms with Crippen LogP contribution < -0.4 is 5.32 Å². The zero-order valence-electron chi connectivity index (χ0n) is 9.79. The van der Waals surface area contributed by atoms with Crippen molar-refractivity contribution in [2.75, 3.05) is 5.88 Å².